The first-order chi connectivity index (χ1) is 15.3. The Labute approximate surface area is 194 Å². The Morgan fingerprint density at radius 3 is 1.82 bits per heavy atom. The zero-order chi connectivity index (χ0) is 25.7. The molecule has 0 aliphatic rings. The van der Waals surface area contributed by atoms with Crippen LogP contribution in [0.1, 0.15) is 59.8 Å². The average Bonchev–Trinajstić information content (AvgIpc) is 2.69. The number of nitrogens with one attached hydrogen (secondary N) is 3. The molecule has 0 saturated carbocycles. The predicted octanol–water partition coefficient (Wildman–Crippen LogP) is -0.841. The molecule has 0 radical (unpaired) electrons. The standard InChI is InChI=1S/C21H39N5O7/c1-11(2)9-14(20(31)26-17(12(3)4)21(32)33)25-19(30)15(10-16(27)28)24-18(29)13(23)7-5-6-8-22/h11-15,17H,5-10,22-23H2,1-4H3,(H,24,29)(H,25,30)(H,26,31)(H,27,28)(H,32,33). The molecule has 12 nitrogen and oxygen atoms in total. The second-order valence-electron chi connectivity index (χ2n) is 8.81. The fraction of sp³-hybridized carbons (Fsp3) is 0.762. The number of carbonyl (C=O) groups excluding carboxylic acids is 3. The summed E-state index contributed by atoms with van der Waals surface area (Å²) in [5.41, 5.74) is 11.2. The van der Waals surface area contributed by atoms with E-state index in [4.69, 9.17) is 16.6 Å². The van der Waals surface area contributed by atoms with Crippen LogP contribution in [0.5, 0.6) is 0 Å². The van der Waals surface area contributed by atoms with Gasteiger partial charge in [-0.3, -0.25) is 19.2 Å². The van der Waals surface area contributed by atoms with Gasteiger partial charge in [-0.1, -0.05) is 34.1 Å². The van der Waals surface area contributed by atoms with Gasteiger partial charge in [-0.25, -0.2) is 4.79 Å². The topological polar surface area (TPSA) is 214 Å². The molecule has 3 amide bonds. The average molecular weight is 474 g/mol. The second kappa shape index (κ2) is 15.2. The van der Waals surface area contributed by atoms with E-state index in [0.29, 0.717) is 25.8 Å². The van der Waals surface area contributed by atoms with Crippen molar-refractivity contribution in [3.05, 3.63) is 0 Å². The Balaban J connectivity index is 5.43. The highest BCUT2D eigenvalue weighted by molar-refractivity contribution is 5.95. The third-order valence-corrected chi connectivity index (χ3v) is 4.89. The first-order valence-corrected chi connectivity index (χ1v) is 11.1. The summed E-state index contributed by atoms with van der Waals surface area (Å²) in [7, 11) is 0. The largest absolute Gasteiger partial charge is 0.481 e. The Morgan fingerprint density at radius 1 is 0.818 bits per heavy atom. The van der Waals surface area contributed by atoms with Gasteiger partial charge in [0.25, 0.3) is 0 Å². The molecular formula is C21H39N5O7. The Hall–Kier alpha value is -2.73. The molecule has 33 heavy (non-hydrogen) atoms. The Morgan fingerprint density at radius 2 is 1.36 bits per heavy atom. The maximum Gasteiger partial charge on any atom is 0.326 e. The highest BCUT2D eigenvalue weighted by Gasteiger charge is 2.32. The molecule has 0 spiro atoms. The van der Waals surface area contributed by atoms with Gasteiger partial charge in [0.15, 0.2) is 0 Å². The van der Waals surface area contributed by atoms with Crippen molar-refractivity contribution in [3.8, 4) is 0 Å². The SMILES string of the molecule is CC(C)CC(NC(=O)C(CC(=O)O)NC(=O)C(N)CCCCN)C(=O)NC(C(=O)O)C(C)C. The highest BCUT2D eigenvalue weighted by Crippen LogP contribution is 2.09. The molecule has 0 aliphatic carbocycles. The molecule has 4 atom stereocenters. The van der Waals surface area contributed by atoms with Crippen LogP contribution in [0.25, 0.3) is 0 Å². The number of unbranched alkanes of at least 4 members (excludes halogenated alkanes) is 1. The van der Waals surface area contributed by atoms with Crippen LogP contribution in [0, 0.1) is 11.8 Å². The zero-order valence-electron chi connectivity index (χ0n) is 19.8. The molecule has 4 unspecified atom stereocenters. The lowest BCUT2D eigenvalue weighted by Gasteiger charge is -2.26. The van der Waals surface area contributed by atoms with Crippen LogP contribution < -0.4 is 27.4 Å². The molecule has 0 aliphatic heterocycles. The van der Waals surface area contributed by atoms with E-state index in [1.54, 1.807) is 27.7 Å². The molecule has 12 heteroatoms. The van der Waals surface area contributed by atoms with Crippen LogP contribution in [0.15, 0.2) is 0 Å². The van der Waals surface area contributed by atoms with Crippen molar-refractivity contribution < 1.29 is 34.2 Å². The van der Waals surface area contributed by atoms with Crippen molar-refractivity contribution in [2.45, 2.75) is 84.0 Å². The summed E-state index contributed by atoms with van der Waals surface area (Å²) in [5.74, 6) is -5.28. The van der Waals surface area contributed by atoms with Gasteiger partial charge in [0.05, 0.1) is 12.5 Å². The van der Waals surface area contributed by atoms with E-state index < -0.39 is 66.2 Å². The van der Waals surface area contributed by atoms with Crippen LogP contribution in [0.4, 0.5) is 0 Å². The van der Waals surface area contributed by atoms with Gasteiger partial charge in [0.1, 0.15) is 18.1 Å². The quantitative estimate of drug-likeness (QED) is 0.139. The van der Waals surface area contributed by atoms with Crippen LogP contribution in [0.3, 0.4) is 0 Å². The molecule has 9 N–H and O–H groups in total. The summed E-state index contributed by atoms with van der Waals surface area (Å²) >= 11 is 0. The van der Waals surface area contributed by atoms with Gasteiger partial charge in [0.2, 0.25) is 17.7 Å². The van der Waals surface area contributed by atoms with Gasteiger partial charge in [0, 0.05) is 0 Å². The number of amides is 3. The van der Waals surface area contributed by atoms with E-state index in [0.717, 1.165) is 0 Å². The number of hydrogen-bond donors (Lipinski definition) is 7. The molecule has 0 aromatic heterocycles. The third kappa shape index (κ3) is 12.2. The predicted molar refractivity (Wildman–Crippen MR) is 121 cm³/mol. The molecule has 190 valence electrons. The number of carboxylic acid groups (broad SMARTS) is 2. The van der Waals surface area contributed by atoms with Crippen molar-refractivity contribution in [2.75, 3.05) is 6.54 Å². The smallest absolute Gasteiger partial charge is 0.326 e. The molecular weight excluding hydrogens is 434 g/mol. The summed E-state index contributed by atoms with van der Waals surface area (Å²) in [4.78, 5) is 60.5. The van der Waals surface area contributed by atoms with Crippen LogP contribution >= 0.6 is 0 Å². The number of aliphatic carboxylic acids is 2. The number of carbonyl (C=O) groups is 5. The van der Waals surface area contributed by atoms with E-state index in [2.05, 4.69) is 16.0 Å². The van der Waals surface area contributed by atoms with Crippen molar-refractivity contribution in [3.63, 3.8) is 0 Å². The zero-order valence-corrected chi connectivity index (χ0v) is 19.8. The van der Waals surface area contributed by atoms with Gasteiger partial charge in [-0.05, 0) is 37.6 Å². The lowest BCUT2D eigenvalue weighted by molar-refractivity contribution is -0.144. The fourth-order valence-electron chi connectivity index (χ4n) is 3.04. The lowest BCUT2D eigenvalue weighted by Crippen LogP contribution is -2.58. The van der Waals surface area contributed by atoms with E-state index >= 15 is 0 Å². The number of nitrogens with two attached hydrogens (primary N) is 2. The summed E-state index contributed by atoms with van der Waals surface area (Å²) in [6, 6.07) is -4.69. The van der Waals surface area contributed by atoms with E-state index in [9.17, 15) is 29.1 Å². The summed E-state index contributed by atoms with van der Waals surface area (Å²) in [5, 5.41) is 25.7. The normalized spacial score (nSPS) is 14.8. The van der Waals surface area contributed by atoms with Gasteiger partial charge in [-0.2, -0.15) is 0 Å². The highest BCUT2D eigenvalue weighted by atomic mass is 16.4. The van der Waals surface area contributed by atoms with Crippen molar-refractivity contribution >= 4 is 29.7 Å². The fourth-order valence-corrected chi connectivity index (χ4v) is 3.04. The monoisotopic (exact) mass is 473 g/mol. The molecule has 0 fully saturated rings. The Bertz CT molecular complexity index is 684. The minimum atomic E-state index is -1.46. The minimum Gasteiger partial charge on any atom is -0.481 e. The van der Waals surface area contributed by atoms with Crippen molar-refractivity contribution in [2.24, 2.45) is 23.3 Å². The van der Waals surface area contributed by atoms with Crippen LogP contribution in [-0.2, 0) is 24.0 Å². The van der Waals surface area contributed by atoms with Gasteiger partial charge < -0.3 is 37.6 Å². The molecule has 0 rings (SSSR count). The van der Waals surface area contributed by atoms with E-state index in [1.807, 2.05) is 0 Å². The lowest BCUT2D eigenvalue weighted by atomic mass is 10.00. The van der Waals surface area contributed by atoms with E-state index in [1.165, 1.54) is 0 Å². The Kier molecular flexibility index (Phi) is 13.9. The first kappa shape index (κ1) is 30.3. The molecule has 0 bridgehead atoms. The summed E-state index contributed by atoms with van der Waals surface area (Å²) < 4.78 is 0. The minimum absolute atomic E-state index is 0.0492. The van der Waals surface area contributed by atoms with Crippen molar-refractivity contribution in [1.82, 2.24) is 16.0 Å². The maximum absolute atomic E-state index is 12.8. The van der Waals surface area contributed by atoms with Crippen LogP contribution in [0.2, 0.25) is 0 Å². The molecule has 0 aromatic carbocycles. The number of carboxylic acids is 2. The van der Waals surface area contributed by atoms with Crippen LogP contribution in [-0.4, -0.2) is 70.6 Å². The van der Waals surface area contributed by atoms with Gasteiger partial charge >= 0.3 is 11.9 Å². The second-order valence-corrected chi connectivity index (χ2v) is 8.81. The van der Waals surface area contributed by atoms with Gasteiger partial charge in [-0.15, -0.1) is 0 Å². The maximum atomic E-state index is 12.8. The van der Waals surface area contributed by atoms with Crippen molar-refractivity contribution in [1.29, 1.82) is 0 Å². The molecule has 0 saturated heterocycles. The third-order valence-electron chi connectivity index (χ3n) is 4.89. The summed E-state index contributed by atoms with van der Waals surface area (Å²) in [6.45, 7) is 7.31. The number of hydrogen-bond acceptors (Lipinski definition) is 7. The molecule has 0 heterocycles. The molecule has 0 aromatic rings. The first-order valence-electron chi connectivity index (χ1n) is 11.1. The summed E-state index contributed by atoms with van der Waals surface area (Å²) in [6.07, 6.45) is 1.04. The number of rotatable bonds is 16. The van der Waals surface area contributed by atoms with E-state index in [-0.39, 0.29) is 12.3 Å².